The summed E-state index contributed by atoms with van der Waals surface area (Å²) in [6.45, 7) is 8.85. The third-order valence-electron chi connectivity index (χ3n) is 5.30. The van der Waals surface area contributed by atoms with E-state index in [2.05, 4.69) is 15.3 Å². The van der Waals surface area contributed by atoms with E-state index >= 15 is 0 Å². The SMILES string of the molecule is CCCCn1c(=O)[nH]c(=O)c2c1nc(CCC(=O)Nc1cc(F)ccc1C)n2CC(C)C. The summed E-state index contributed by atoms with van der Waals surface area (Å²) in [5, 5.41) is 2.74. The van der Waals surface area contributed by atoms with Crippen LogP contribution in [0.4, 0.5) is 10.1 Å². The Morgan fingerprint density at radius 3 is 2.69 bits per heavy atom. The van der Waals surface area contributed by atoms with Crippen molar-refractivity contribution in [3.8, 4) is 0 Å². The molecule has 2 N–H and O–H groups in total. The topological polar surface area (TPSA) is 102 Å². The van der Waals surface area contributed by atoms with E-state index in [0.717, 1.165) is 18.4 Å². The number of imidazole rings is 1. The van der Waals surface area contributed by atoms with Crippen molar-refractivity contribution >= 4 is 22.8 Å². The zero-order valence-corrected chi connectivity index (χ0v) is 19.0. The second-order valence-electron chi connectivity index (χ2n) is 8.48. The highest BCUT2D eigenvalue weighted by atomic mass is 19.1. The van der Waals surface area contributed by atoms with E-state index in [9.17, 15) is 18.8 Å². The molecule has 8 nitrogen and oxygen atoms in total. The summed E-state index contributed by atoms with van der Waals surface area (Å²) in [4.78, 5) is 44.6. The Morgan fingerprint density at radius 2 is 2.00 bits per heavy atom. The molecule has 2 aromatic heterocycles. The third-order valence-corrected chi connectivity index (χ3v) is 5.30. The summed E-state index contributed by atoms with van der Waals surface area (Å²) >= 11 is 0. The Kier molecular flexibility index (Phi) is 7.27. The van der Waals surface area contributed by atoms with Gasteiger partial charge in [-0.25, -0.2) is 14.2 Å². The van der Waals surface area contributed by atoms with Crippen LogP contribution < -0.4 is 16.6 Å². The molecule has 32 heavy (non-hydrogen) atoms. The molecule has 2 heterocycles. The van der Waals surface area contributed by atoms with Gasteiger partial charge in [0.1, 0.15) is 11.6 Å². The number of H-pyrrole nitrogens is 1. The second-order valence-corrected chi connectivity index (χ2v) is 8.48. The van der Waals surface area contributed by atoms with Crippen LogP contribution >= 0.6 is 0 Å². The molecule has 0 aliphatic rings. The number of nitrogens with one attached hydrogen (secondary N) is 2. The van der Waals surface area contributed by atoms with Gasteiger partial charge in [0, 0.05) is 31.6 Å². The van der Waals surface area contributed by atoms with Crippen LogP contribution in [0.25, 0.3) is 11.2 Å². The van der Waals surface area contributed by atoms with Crippen LogP contribution in [0.3, 0.4) is 0 Å². The fourth-order valence-corrected chi connectivity index (χ4v) is 3.66. The minimum atomic E-state index is -0.476. The molecule has 0 saturated heterocycles. The van der Waals surface area contributed by atoms with Crippen molar-refractivity contribution < 1.29 is 9.18 Å². The molecule has 0 aliphatic heterocycles. The van der Waals surface area contributed by atoms with Gasteiger partial charge in [-0.3, -0.25) is 19.1 Å². The number of anilines is 1. The number of rotatable bonds is 9. The average Bonchev–Trinajstić information content (AvgIpc) is 3.07. The normalized spacial score (nSPS) is 11.4. The molecule has 1 aromatic carbocycles. The molecule has 0 bridgehead atoms. The van der Waals surface area contributed by atoms with Gasteiger partial charge in [0.05, 0.1) is 0 Å². The maximum absolute atomic E-state index is 13.5. The molecule has 0 aliphatic carbocycles. The Balaban J connectivity index is 1.93. The van der Waals surface area contributed by atoms with E-state index in [-0.39, 0.29) is 24.7 Å². The third kappa shape index (κ3) is 5.15. The molecule has 0 spiro atoms. The number of carbonyl (C=O) groups is 1. The monoisotopic (exact) mass is 443 g/mol. The maximum Gasteiger partial charge on any atom is 0.330 e. The fourth-order valence-electron chi connectivity index (χ4n) is 3.66. The van der Waals surface area contributed by atoms with E-state index in [1.807, 2.05) is 20.8 Å². The number of aromatic nitrogens is 4. The van der Waals surface area contributed by atoms with Crippen LogP contribution in [0.15, 0.2) is 27.8 Å². The number of carbonyl (C=O) groups excluding carboxylic acids is 1. The molecule has 9 heteroatoms. The largest absolute Gasteiger partial charge is 0.330 e. The highest BCUT2D eigenvalue weighted by Gasteiger charge is 2.20. The summed E-state index contributed by atoms with van der Waals surface area (Å²) in [6, 6.07) is 4.23. The van der Waals surface area contributed by atoms with Crippen molar-refractivity contribution in [2.24, 2.45) is 5.92 Å². The molecule has 0 radical (unpaired) electrons. The van der Waals surface area contributed by atoms with Crippen molar-refractivity contribution in [3.05, 3.63) is 56.2 Å². The van der Waals surface area contributed by atoms with Gasteiger partial charge < -0.3 is 9.88 Å². The Labute approximate surface area is 185 Å². The average molecular weight is 444 g/mol. The van der Waals surface area contributed by atoms with Crippen LogP contribution in [-0.4, -0.2) is 25.0 Å². The molecule has 172 valence electrons. The van der Waals surface area contributed by atoms with Gasteiger partial charge in [-0.15, -0.1) is 0 Å². The summed E-state index contributed by atoms with van der Waals surface area (Å²) in [5.74, 6) is 0.0968. The molecule has 0 saturated carbocycles. The summed E-state index contributed by atoms with van der Waals surface area (Å²) in [7, 11) is 0. The lowest BCUT2D eigenvalue weighted by atomic mass is 10.2. The van der Waals surface area contributed by atoms with Crippen molar-refractivity contribution in [2.45, 2.75) is 66.5 Å². The first-order valence-corrected chi connectivity index (χ1v) is 11.0. The molecule has 3 rings (SSSR count). The highest BCUT2D eigenvalue weighted by Crippen LogP contribution is 2.18. The maximum atomic E-state index is 13.5. The number of unbranched alkanes of at least 4 members (excludes halogenated alkanes) is 1. The molecule has 0 fully saturated rings. The predicted octanol–water partition coefficient (Wildman–Crippen LogP) is 3.36. The Bertz CT molecular complexity index is 1240. The van der Waals surface area contributed by atoms with Crippen LogP contribution in [0.1, 0.15) is 51.4 Å². The number of benzene rings is 1. The number of aryl methyl sites for hydroxylation is 3. The van der Waals surface area contributed by atoms with Crippen LogP contribution in [0.5, 0.6) is 0 Å². The first-order valence-electron chi connectivity index (χ1n) is 11.0. The van der Waals surface area contributed by atoms with Gasteiger partial charge >= 0.3 is 5.69 Å². The fraction of sp³-hybridized carbons (Fsp3) is 0.478. The number of aromatic amines is 1. The van der Waals surface area contributed by atoms with E-state index in [1.54, 1.807) is 17.6 Å². The molecular weight excluding hydrogens is 413 g/mol. The molecular formula is C23H30FN5O3. The lowest BCUT2D eigenvalue weighted by molar-refractivity contribution is -0.116. The highest BCUT2D eigenvalue weighted by molar-refractivity contribution is 5.91. The van der Waals surface area contributed by atoms with Gasteiger partial charge in [0.2, 0.25) is 5.91 Å². The van der Waals surface area contributed by atoms with Gasteiger partial charge in [-0.05, 0) is 37.0 Å². The van der Waals surface area contributed by atoms with Crippen LogP contribution in [0.2, 0.25) is 0 Å². The molecule has 3 aromatic rings. The van der Waals surface area contributed by atoms with Crippen LogP contribution in [0, 0.1) is 18.7 Å². The van der Waals surface area contributed by atoms with Gasteiger partial charge in [0.15, 0.2) is 11.2 Å². The number of nitrogens with zero attached hydrogens (tertiary/aromatic N) is 3. The van der Waals surface area contributed by atoms with Crippen molar-refractivity contribution in [1.82, 2.24) is 19.1 Å². The first kappa shape index (κ1) is 23.4. The van der Waals surface area contributed by atoms with Gasteiger partial charge in [-0.1, -0.05) is 33.3 Å². The molecule has 0 atom stereocenters. The van der Waals surface area contributed by atoms with E-state index < -0.39 is 17.1 Å². The van der Waals surface area contributed by atoms with E-state index in [1.165, 1.54) is 16.7 Å². The zero-order chi connectivity index (χ0) is 23.4. The lowest BCUT2D eigenvalue weighted by Crippen LogP contribution is -2.31. The minimum Gasteiger partial charge on any atom is -0.326 e. The summed E-state index contributed by atoms with van der Waals surface area (Å²) < 4.78 is 16.8. The van der Waals surface area contributed by atoms with Crippen molar-refractivity contribution in [1.29, 1.82) is 0 Å². The summed E-state index contributed by atoms with van der Waals surface area (Å²) in [6.07, 6.45) is 2.06. The van der Waals surface area contributed by atoms with Crippen LogP contribution in [-0.2, 0) is 24.3 Å². The quantitative estimate of drug-likeness (QED) is 0.529. The van der Waals surface area contributed by atoms with Gasteiger partial charge in [-0.2, -0.15) is 0 Å². The second kappa shape index (κ2) is 9.93. The summed E-state index contributed by atoms with van der Waals surface area (Å²) in [5.41, 5.74) is 0.942. The van der Waals surface area contributed by atoms with Crippen molar-refractivity contribution in [2.75, 3.05) is 5.32 Å². The Morgan fingerprint density at radius 1 is 1.25 bits per heavy atom. The smallest absolute Gasteiger partial charge is 0.326 e. The Hall–Kier alpha value is -3.23. The van der Waals surface area contributed by atoms with E-state index in [0.29, 0.717) is 35.8 Å². The number of fused-ring (bicyclic) bond motifs is 1. The number of halogens is 1. The number of amides is 1. The zero-order valence-electron chi connectivity index (χ0n) is 19.0. The molecule has 1 amide bonds. The predicted molar refractivity (Wildman–Crippen MR) is 122 cm³/mol. The molecule has 0 unspecified atom stereocenters. The van der Waals surface area contributed by atoms with E-state index in [4.69, 9.17) is 0 Å². The number of hydrogen-bond donors (Lipinski definition) is 2. The van der Waals surface area contributed by atoms with Gasteiger partial charge in [0.25, 0.3) is 5.56 Å². The first-order chi connectivity index (χ1) is 15.2. The number of hydrogen-bond acceptors (Lipinski definition) is 4. The lowest BCUT2D eigenvalue weighted by Gasteiger charge is -2.12. The minimum absolute atomic E-state index is 0.106. The van der Waals surface area contributed by atoms with Crippen molar-refractivity contribution in [3.63, 3.8) is 0 Å². The standard InChI is InChI=1S/C23H30FN5O3/c1-5-6-11-28-21-20(22(31)27-23(28)32)29(13-14(2)3)18(26-21)9-10-19(30)25-17-12-16(24)8-7-15(17)4/h7-8,12,14H,5-6,9-11,13H2,1-4H3,(H,25,30)(H,27,31,32).